The first kappa shape index (κ1) is 25.7. The molecule has 1 atom stereocenters. The number of carbonyl (C=O) groups excluding carboxylic acids is 2. The summed E-state index contributed by atoms with van der Waals surface area (Å²) in [6.07, 6.45) is 3.97. The fraction of sp³-hybridized carbons (Fsp3) is 0.379. The third kappa shape index (κ3) is 5.69. The first-order valence-corrected chi connectivity index (χ1v) is 12.3. The number of carbonyl (C=O) groups is 2. The number of nitrogens with zero attached hydrogens (tertiary/aromatic N) is 1. The predicted octanol–water partition coefficient (Wildman–Crippen LogP) is 4.69. The summed E-state index contributed by atoms with van der Waals surface area (Å²) in [5.74, 6) is -0.343. The van der Waals surface area contributed by atoms with Gasteiger partial charge in [-0.05, 0) is 49.1 Å². The fourth-order valence-electron chi connectivity index (χ4n) is 4.99. The van der Waals surface area contributed by atoms with E-state index in [1.54, 1.807) is 13.2 Å². The molecule has 4 rings (SSSR count). The summed E-state index contributed by atoms with van der Waals surface area (Å²) >= 11 is 0. The summed E-state index contributed by atoms with van der Waals surface area (Å²) < 4.78 is 13.3. The molecule has 0 aliphatic heterocycles. The molecule has 0 radical (unpaired) electrons. The van der Waals surface area contributed by atoms with Crippen LogP contribution in [0.25, 0.3) is 5.69 Å². The standard InChI is InChI=1S/C29H35N3O4/c1-20-17-32(22-10-11-23(28(30)34)24(14-22)31-12-7-13-35-3)25-15-29(2,16-26(33)27(20)25)19-36-18-21-8-5-4-6-9-21/h4-6,8-11,14,17,31H,7,12-13,15-16,18-19H2,1-3H3,(H2,30,34). The van der Waals surface area contributed by atoms with E-state index >= 15 is 0 Å². The highest BCUT2D eigenvalue weighted by molar-refractivity contribution is 6.01. The molecule has 1 unspecified atom stereocenters. The number of aryl methyl sites for hydroxylation is 1. The number of fused-ring (bicyclic) bond motifs is 1. The van der Waals surface area contributed by atoms with Gasteiger partial charge in [0.2, 0.25) is 0 Å². The highest BCUT2D eigenvalue weighted by Gasteiger charge is 2.38. The van der Waals surface area contributed by atoms with Crippen molar-refractivity contribution in [3.63, 3.8) is 0 Å². The highest BCUT2D eigenvalue weighted by Crippen LogP contribution is 2.39. The molecule has 2 aromatic carbocycles. The van der Waals surface area contributed by atoms with E-state index in [-0.39, 0.29) is 11.2 Å². The zero-order valence-corrected chi connectivity index (χ0v) is 21.3. The molecular formula is C29H35N3O4. The summed E-state index contributed by atoms with van der Waals surface area (Å²) in [6.45, 7) is 6.37. The number of amides is 1. The molecule has 0 fully saturated rings. The van der Waals surface area contributed by atoms with E-state index in [1.807, 2.05) is 55.6 Å². The third-order valence-electron chi connectivity index (χ3n) is 6.71. The molecule has 0 spiro atoms. The van der Waals surface area contributed by atoms with Gasteiger partial charge in [0.05, 0.1) is 18.8 Å². The maximum absolute atomic E-state index is 13.3. The molecule has 1 aliphatic rings. The second-order valence-corrected chi connectivity index (χ2v) is 9.94. The van der Waals surface area contributed by atoms with Crippen LogP contribution >= 0.6 is 0 Å². The smallest absolute Gasteiger partial charge is 0.250 e. The summed E-state index contributed by atoms with van der Waals surface area (Å²) in [6, 6.07) is 15.6. The van der Waals surface area contributed by atoms with Crippen LogP contribution in [0, 0.1) is 12.3 Å². The number of nitrogens with one attached hydrogen (secondary N) is 1. The molecule has 1 aliphatic carbocycles. The van der Waals surface area contributed by atoms with E-state index in [0.29, 0.717) is 50.5 Å². The molecule has 1 amide bonds. The van der Waals surface area contributed by atoms with Crippen LogP contribution in [0.5, 0.6) is 0 Å². The minimum absolute atomic E-state index is 0.144. The lowest BCUT2D eigenvalue weighted by Crippen LogP contribution is -2.34. The quantitative estimate of drug-likeness (QED) is 0.381. The van der Waals surface area contributed by atoms with E-state index in [1.165, 1.54) is 0 Å². The lowest BCUT2D eigenvalue weighted by Gasteiger charge is -2.33. The van der Waals surface area contributed by atoms with Crippen molar-refractivity contribution < 1.29 is 19.1 Å². The molecule has 3 N–H and O–H groups in total. The molecule has 7 heteroatoms. The monoisotopic (exact) mass is 489 g/mol. The SMILES string of the molecule is COCCCNc1cc(-n2cc(C)c3c2CC(C)(COCc2ccccc2)CC3=O)ccc1C(N)=O. The lowest BCUT2D eigenvalue weighted by atomic mass is 9.74. The Morgan fingerprint density at radius 2 is 1.94 bits per heavy atom. The topological polar surface area (TPSA) is 95.6 Å². The molecule has 1 heterocycles. The first-order valence-electron chi connectivity index (χ1n) is 12.3. The van der Waals surface area contributed by atoms with Crippen molar-refractivity contribution in [2.24, 2.45) is 11.1 Å². The molecule has 190 valence electrons. The fourth-order valence-corrected chi connectivity index (χ4v) is 4.99. The number of ether oxygens (including phenoxy) is 2. The van der Waals surface area contributed by atoms with Crippen LogP contribution in [-0.2, 0) is 22.5 Å². The van der Waals surface area contributed by atoms with E-state index in [2.05, 4.69) is 16.8 Å². The largest absolute Gasteiger partial charge is 0.385 e. The van der Waals surface area contributed by atoms with Gasteiger partial charge in [0.15, 0.2) is 5.78 Å². The molecule has 1 aromatic heterocycles. The van der Waals surface area contributed by atoms with Gasteiger partial charge in [-0.1, -0.05) is 37.3 Å². The zero-order chi connectivity index (χ0) is 25.7. The Hall–Kier alpha value is -3.42. The minimum atomic E-state index is -0.486. The van der Waals surface area contributed by atoms with Gasteiger partial charge in [-0.3, -0.25) is 9.59 Å². The zero-order valence-electron chi connectivity index (χ0n) is 21.3. The van der Waals surface area contributed by atoms with Gasteiger partial charge in [-0.2, -0.15) is 0 Å². The molecule has 0 saturated heterocycles. The second kappa shape index (κ2) is 11.1. The van der Waals surface area contributed by atoms with Gasteiger partial charge in [-0.15, -0.1) is 0 Å². The Morgan fingerprint density at radius 3 is 2.67 bits per heavy atom. The number of hydrogen-bond donors (Lipinski definition) is 2. The highest BCUT2D eigenvalue weighted by atomic mass is 16.5. The van der Waals surface area contributed by atoms with E-state index in [0.717, 1.165) is 34.5 Å². The van der Waals surface area contributed by atoms with Crippen molar-refractivity contribution in [3.8, 4) is 5.69 Å². The Bertz CT molecular complexity index is 1230. The van der Waals surface area contributed by atoms with Crippen LogP contribution in [0.1, 0.15) is 57.3 Å². The first-order chi connectivity index (χ1) is 17.3. The van der Waals surface area contributed by atoms with Gasteiger partial charge in [0, 0.05) is 60.9 Å². The predicted molar refractivity (Wildman–Crippen MR) is 141 cm³/mol. The molecule has 7 nitrogen and oxygen atoms in total. The number of benzene rings is 2. The summed E-state index contributed by atoms with van der Waals surface area (Å²) in [5.41, 5.74) is 11.1. The number of Topliss-reactive ketones (excluding diaryl/α,β-unsaturated/α-hetero) is 1. The average Bonchev–Trinajstić information content (AvgIpc) is 3.18. The van der Waals surface area contributed by atoms with E-state index in [9.17, 15) is 9.59 Å². The number of hydrogen-bond acceptors (Lipinski definition) is 5. The van der Waals surface area contributed by atoms with E-state index < -0.39 is 5.91 Å². The lowest BCUT2D eigenvalue weighted by molar-refractivity contribution is 0.0328. The van der Waals surface area contributed by atoms with E-state index in [4.69, 9.17) is 15.2 Å². The van der Waals surface area contributed by atoms with Crippen molar-refractivity contribution in [3.05, 3.63) is 82.7 Å². The number of ketones is 1. The summed E-state index contributed by atoms with van der Waals surface area (Å²) in [5, 5.41) is 3.31. The third-order valence-corrected chi connectivity index (χ3v) is 6.71. The van der Waals surface area contributed by atoms with Crippen LogP contribution < -0.4 is 11.1 Å². The van der Waals surface area contributed by atoms with Crippen LogP contribution in [0.3, 0.4) is 0 Å². The number of primary amides is 1. The second-order valence-electron chi connectivity index (χ2n) is 9.94. The Morgan fingerprint density at radius 1 is 1.17 bits per heavy atom. The maximum atomic E-state index is 13.3. The Kier molecular flexibility index (Phi) is 7.91. The number of aromatic nitrogens is 1. The van der Waals surface area contributed by atoms with Crippen molar-refractivity contribution in [1.82, 2.24) is 4.57 Å². The van der Waals surface area contributed by atoms with Crippen molar-refractivity contribution in [2.75, 3.05) is 32.2 Å². The molecule has 36 heavy (non-hydrogen) atoms. The number of rotatable bonds is 11. The molecule has 0 saturated carbocycles. The van der Waals surface area contributed by atoms with Crippen LogP contribution in [0.4, 0.5) is 5.69 Å². The van der Waals surface area contributed by atoms with Gasteiger partial charge >= 0.3 is 0 Å². The van der Waals surface area contributed by atoms with Gasteiger partial charge in [0.25, 0.3) is 5.91 Å². The average molecular weight is 490 g/mol. The minimum Gasteiger partial charge on any atom is -0.385 e. The number of anilines is 1. The van der Waals surface area contributed by atoms with Gasteiger partial charge in [0.1, 0.15) is 0 Å². The molecule has 0 bridgehead atoms. The van der Waals surface area contributed by atoms with Gasteiger partial charge in [-0.25, -0.2) is 0 Å². The normalized spacial score (nSPS) is 17.1. The van der Waals surface area contributed by atoms with Crippen LogP contribution in [0.2, 0.25) is 0 Å². The Labute approximate surface area is 212 Å². The van der Waals surface area contributed by atoms with Gasteiger partial charge < -0.3 is 25.1 Å². The van der Waals surface area contributed by atoms with Crippen molar-refractivity contribution in [1.29, 1.82) is 0 Å². The summed E-state index contributed by atoms with van der Waals surface area (Å²) in [4.78, 5) is 25.3. The Balaban J connectivity index is 1.59. The number of nitrogens with two attached hydrogens (primary N) is 1. The van der Waals surface area contributed by atoms with Crippen LogP contribution in [-0.4, -0.2) is 43.1 Å². The number of methoxy groups -OCH3 is 1. The summed E-state index contributed by atoms with van der Waals surface area (Å²) in [7, 11) is 1.66. The van der Waals surface area contributed by atoms with Crippen molar-refractivity contribution in [2.45, 2.75) is 39.7 Å². The van der Waals surface area contributed by atoms with Crippen LogP contribution in [0.15, 0.2) is 54.7 Å². The van der Waals surface area contributed by atoms with Crippen molar-refractivity contribution >= 4 is 17.4 Å². The maximum Gasteiger partial charge on any atom is 0.250 e. The molecule has 3 aromatic rings. The molecular weight excluding hydrogens is 454 g/mol.